The molecule has 0 atom stereocenters. The van der Waals surface area contributed by atoms with Gasteiger partial charge in [0.15, 0.2) is 0 Å². The molecule has 20 heavy (non-hydrogen) atoms. The predicted molar refractivity (Wildman–Crippen MR) is 76.6 cm³/mol. The van der Waals surface area contributed by atoms with Gasteiger partial charge in [-0.15, -0.1) is 0 Å². The lowest BCUT2D eigenvalue weighted by Gasteiger charge is -2.29. The fourth-order valence-electron chi connectivity index (χ4n) is 2.65. The number of hydrogen-bond donors (Lipinski definition) is 2. The van der Waals surface area contributed by atoms with Gasteiger partial charge >= 0.3 is 5.97 Å². The molecule has 2 N–H and O–H groups in total. The summed E-state index contributed by atoms with van der Waals surface area (Å²) in [6, 6.07) is 0. The van der Waals surface area contributed by atoms with Gasteiger partial charge in [0.2, 0.25) is 5.91 Å². The van der Waals surface area contributed by atoms with Crippen LogP contribution in [0.25, 0.3) is 0 Å². The molecule has 5 heteroatoms. The number of ether oxygens (including phenoxy) is 1. The Balaban J connectivity index is 2.40. The molecule has 1 rings (SSSR count). The molecule has 0 aromatic rings. The second-order valence-corrected chi connectivity index (χ2v) is 5.61. The number of amides is 1. The lowest BCUT2D eigenvalue weighted by molar-refractivity contribution is -0.149. The summed E-state index contributed by atoms with van der Waals surface area (Å²) in [4.78, 5) is 23.4. The summed E-state index contributed by atoms with van der Waals surface area (Å²) in [5.41, 5.74) is -1.08. The summed E-state index contributed by atoms with van der Waals surface area (Å²) >= 11 is 0. The average Bonchev–Trinajstić information content (AvgIpc) is 2.65. The molecule has 0 heterocycles. The van der Waals surface area contributed by atoms with E-state index in [4.69, 9.17) is 4.74 Å². The van der Waals surface area contributed by atoms with Crippen LogP contribution in [0.15, 0.2) is 0 Å². The smallest absolute Gasteiger partial charge is 0.329 e. The Labute approximate surface area is 121 Å². The van der Waals surface area contributed by atoms with Gasteiger partial charge in [-0.1, -0.05) is 45.4 Å². The summed E-state index contributed by atoms with van der Waals surface area (Å²) in [5, 5.41) is 12.1. The minimum absolute atomic E-state index is 0.0429. The number of nitrogens with one attached hydrogen (secondary N) is 1. The lowest BCUT2D eigenvalue weighted by atomic mass is 9.90. The molecule has 0 aromatic heterocycles. The van der Waals surface area contributed by atoms with Crippen LogP contribution in [0.4, 0.5) is 0 Å². The van der Waals surface area contributed by atoms with Gasteiger partial charge in [0.1, 0.15) is 12.1 Å². The molecule has 1 aliphatic carbocycles. The maximum absolute atomic E-state index is 11.9. The van der Waals surface area contributed by atoms with Crippen LogP contribution in [0.3, 0.4) is 0 Å². The van der Waals surface area contributed by atoms with Gasteiger partial charge in [0.05, 0.1) is 0 Å². The van der Waals surface area contributed by atoms with Crippen molar-refractivity contribution >= 4 is 11.9 Å². The number of aliphatic carboxylic acids is 1. The molecule has 0 aliphatic heterocycles. The first kappa shape index (κ1) is 17.0. The average molecular weight is 285 g/mol. The van der Waals surface area contributed by atoms with Crippen LogP contribution >= 0.6 is 0 Å². The minimum atomic E-state index is -1.08. The minimum Gasteiger partial charge on any atom is -0.480 e. The number of unbranched alkanes of at least 4 members (excludes halogenated alkanes) is 2. The van der Waals surface area contributed by atoms with Crippen molar-refractivity contribution in [1.82, 2.24) is 5.32 Å². The molecule has 0 radical (unpaired) electrons. The fraction of sp³-hybridized carbons (Fsp3) is 0.867. The van der Waals surface area contributed by atoms with Crippen LogP contribution < -0.4 is 5.32 Å². The van der Waals surface area contributed by atoms with Crippen molar-refractivity contribution in [2.75, 3.05) is 13.2 Å². The van der Waals surface area contributed by atoms with Crippen LogP contribution in [0, 0.1) is 0 Å². The first-order valence-corrected chi connectivity index (χ1v) is 7.73. The highest BCUT2D eigenvalue weighted by molar-refractivity contribution is 5.87. The van der Waals surface area contributed by atoms with Crippen LogP contribution in [0.2, 0.25) is 0 Å². The summed E-state index contributed by atoms with van der Waals surface area (Å²) in [6.45, 7) is 2.62. The van der Waals surface area contributed by atoms with Gasteiger partial charge < -0.3 is 15.2 Å². The zero-order chi connectivity index (χ0) is 14.8. The summed E-state index contributed by atoms with van der Waals surface area (Å²) in [6.07, 6.45) is 7.95. The van der Waals surface area contributed by atoms with Crippen LogP contribution in [0.1, 0.15) is 64.7 Å². The zero-order valence-electron chi connectivity index (χ0n) is 12.5. The van der Waals surface area contributed by atoms with Crippen LogP contribution in [-0.2, 0) is 14.3 Å². The summed E-state index contributed by atoms with van der Waals surface area (Å²) in [5.74, 6) is -1.23. The molecule has 0 aromatic carbocycles. The van der Waals surface area contributed by atoms with E-state index < -0.39 is 11.5 Å². The van der Waals surface area contributed by atoms with Gasteiger partial charge in [-0.2, -0.15) is 0 Å². The van der Waals surface area contributed by atoms with E-state index in [-0.39, 0.29) is 12.5 Å². The standard InChI is InChI=1S/C15H27NO4/c1-2-3-8-11-20-12-13(17)16-15(14(18)19)9-6-4-5-7-10-15/h2-12H2,1H3,(H,16,17)(H,18,19). The Morgan fingerprint density at radius 3 is 2.35 bits per heavy atom. The van der Waals surface area contributed by atoms with Crippen molar-refractivity contribution in [2.45, 2.75) is 70.3 Å². The molecule has 5 nitrogen and oxygen atoms in total. The Hall–Kier alpha value is -1.10. The summed E-state index contributed by atoms with van der Waals surface area (Å²) in [7, 11) is 0. The van der Waals surface area contributed by atoms with E-state index in [9.17, 15) is 14.7 Å². The first-order chi connectivity index (χ1) is 9.60. The third kappa shape index (κ3) is 5.49. The third-order valence-electron chi connectivity index (χ3n) is 3.87. The van der Waals surface area contributed by atoms with Gasteiger partial charge in [0, 0.05) is 6.61 Å². The lowest BCUT2D eigenvalue weighted by Crippen LogP contribution is -2.55. The molecule has 0 unspecified atom stereocenters. The zero-order valence-corrected chi connectivity index (χ0v) is 12.5. The topological polar surface area (TPSA) is 75.6 Å². The highest BCUT2D eigenvalue weighted by atomic mass is 16.5. The second kappa shape index (κ2) is 8.95. The number of hydrogen-bond acceptors (Lipinski definition) is 3. The number of carboxylic acid groups (broad SMARTS) is 1. The molecule has 1 fully saturated rings. The molecular formula is C15H27NO4. The first-order valence-electron chi connectivity index (χ1n) is 7.73. The van der Waals surface area contributed by atoms with Gasteiger partial charge in [0.25, 0.3) is 0 Å². The number of carbonyl (C=O) groups is 2. The van der Waals surface area contributed by atoms with E-state index >= 15 is 0 Å². The Kier molecular flexibility index (Phi) is 7.59. The van der Waals surface area contributed by atoms with E-state index in [1.807, 2.05) is 0 Å². The molecule has 1 saturated carbocycles. The largest absolute Gasteiger partial charge is 0.480 e. The predicted octanol–water partition coefficient (Wildman–Crippen LogP) is 2.49. The van der Waals surface area contributed by atoms with E-state index in [1.54, 1.807) is 0 Å². The molecule has 1 amide bonds. The van der Waals surface area contributed by atoms with E-state index in [0.29, 0.717) is 19.4 Å². The highest BCUT2D eigenvalue weighted by Gasteiger charge is 2.39. The quantitative estimate of drug-likeness (QED) is 0.530. The van der Waals surface area contributed by atoms with E-state index in [2.05, 4.69) is 12.2 Å². The second-order valence-electron chi connectivity index (χ2n) is 5.61. The fourth-order valence-corrected chi connectivity index (χ4v) is 2.65. The molecule has 1 aliphatic rings. The monoisotopic (exact) mass is 285 g/mol. The normalized spacial score (nSPS) is 18.2. The van der Waals surface area contributed by atoms with Crippen LogP contribution in [0.5, 0.6) is 0 Å². The number of carbonyl (C=O) groups excluding carboxylic acids is 1. The molecule has 0 saturated heterocycles. The third-order valence-corrected chi connectivity index (χ3v) is 3.87. The van der Waals surface area contributed by atoms with E-state index in [1.165, 1.54) is 0 Å². The molecule has 116 valence electrons. The Morgan fingerprint density at radius 1 is 1.15 bits per heavy atom. The van der Waals surface area contributed by atoms with Crippen LogP contribution in [-0.4, -0.2) is 35.7 Å². The van der Waals surface area contributed by atoms with Crippen molar-refractivity contribution in [3.8, 4) is 0 Å². The molecular weight excluding hydrogens is 258 g/mol. The van der Waals surface area contributed by atoms with Crippen molar-refractivity contribution in [3.05, 3.63) is 0 Å². The maximum Gasteiger partial charge on any atom is 0.329 e. The SMILES string of the molecule is CCCCCOCC(=O)NC1(C(=O)O)CCCCCC1. The molecule has 0 bridgehead atoms. The van der Waals surface area contributed by atoms with Crippen molar-refractivity contribution in [1.29, 1.82) is 0 Å². The Morgan fingerprint density at radius 2 is 1.80 bits per heavy atom. The summed E-state index contributed by atoms with van der Waals surface area (Å²) < 4.78 is 5.29. The maximum atomic E-state index is 11.9. The van der Waals surface area contributed by atoms with Crippen molar-refractivity contribution in [2.24, 2.45) is 0 Å². The number of rotatable bonds is 8. The highest BCUT2D eigenvalue weighted by Crippen LogP contribution is 2.27. The number of carboxylic acids is 1. The van der Waals surface area contributed by atoms with Gasteiger partial charge in [-0.25, -0.2) is 4.79 Å². The van der Waals surface area contributed by atoms with Crippen molar-refractivity contribution < 1.29 is 19.4 Å². The molecule has 0 spiro atoms. The van der Waals surface area contributed by atoms with Gasteiger partial charge in [-0.05, 0) is 19.3 Å². The van der Waals surface area contributed by atoms with Crippen molar-refractivity contribution in [3.63, 3.8) is 0 Å². The van der Waals surface area contributed by atoms with Gasteiger partial charge in [-0.3, -0.25) is 4.79 Å². The Bertz CT molecular complexity index is 309. The van der Waals surface area contributed by atoms with E-state index in [0.717, 1.165) is 44.9 Å².